The summed E-state index contributed by atoms with van der Waals surface area (Å²) >= 11 is 0.967. The Kier molecular flexibility index (Phi) is 8.50. The fraction of sp³-hybridized carbons (Fsp3) is 0.370. The molecule has 0 saturated heterocycles. The number of aromatic amines is 1. The zero-order valence-electron chi connectivity index (χ0n) is 20.9. The van der Waals surface area contributed by atoms with Crippen molar-refractivity contribution in [2.45, 2.75) is 51.4 Å². The van der Waals surface area contributed by atoms with Gasteiger partial charge in [0.15, 0.2) is 0 Å². The molecule has 196 valence electrons. The Morgan fingerprint density at radius 1 is 1.14 bits per heavy atom. The molecule has 0 spiro atoms. The van der Waals surface area contributed by atoms with Crippen LogP contribution in [-0.4, -0.2) is 35.8 Å². The topological polar surface area (TPSA) is 130 Å². The van der Waals surface area contributed by atoms with Gasteiger partial charge in [0, 0.05) is 18.0 Å². The number of nitrogens with one attached hydrogen (secondary N) is 3. The monoisotopic (exact) mass is 525 g/mol. The second-order valence-corrected chi connectivity index (χ2v) is 9.92. The maximum absolute atomic E-state index is 12.1. The van der Waals surface area contributed by atoms with Gasteiger partial charge in [0.2, 0.25) is 11.8 Å². The quantitative estimate of drug-likeness (QED) is 0.271. The van der Waals surface area contributed by atoms with Crippen molar-refractivity contribution in [2.24, 2.45) is 0 Å². The summed E-state index contributed by atoms with van der Waals surface area (Å²) in [5.41, 5.74) is 4.00. The van der Waals surface area contributed by atoms with Crippen molar-refractivity contribution in [2.75, 3.05) is 24.4 Å². The van der Waals surface area contributed by atoms with Crippen LogP contribution in [0.2, 0.25) is 0 Å². The molecule has 1 aliphatic rings. The van der Waals surface area contributed by atoms with E-state index in [4.69, 9.17) is 9.47 Å². The summed E-state index contributed by atoms with van der Waals surface area (Å²) < 4.78 is 10.7. The van der Waals surface area contributed by atoms with Gasteiger partial charge in [-0.05, 0) is 54.2 Å². The minimum Gasteiger partial charge on any atom is -0.495 e. The number of methoxy groups -OCH3 is 1. The van der Waals surface area contributed by atoms with E-state index >= 15 is 0 Å². The van der Waals surface area contributed by atoms with Gasteiger partial charge in [-0.15, -0.1) is 0 Å². The van der Waals surface area contributed by atoms with E-state index in [0.29, 0.717) is 47.9 Å². The lowest BCUT2D eigenvalue weighted by molar-refractivity contribution is -0.116. The van der Waals surface area contributed by atoms with E-state index < -0.39 is 6.09 Å². The average Bonchev–Trinajstić information content (AvgIpc) is 3.23. The summed E-state index contributed by atoms with van der Waals surface area (Å²) in [7, 11) is 1.55. The van der Waals surface area contributed by atoms with Crippen LogP contribution in [0.4, 0.5) is 16.2 Å². The highest BCUT2D eigenvalue weighted by Crippen LogP contribution is 2.43. The van der Waals surface area contributed by atoms with E-state index in [1.807, 2.05) is 18.2 Å². The Morgan fingerprint density at radius 2 is 1.92 bits per heavy atom. The lowest BCUT2D eigenvalue weighted by Gasteiger charge is -2.26. The van der Waals surface area contributed by atoms with Crippen molar-refractivity contribution in [3.63, 3.8) is 0 Å². The molecule has 0 bridgehead atoms. The van der Waals surface area contributed by atoms with Crippen molar-refractivity contribution in [1.29, 1.82) is 0 Å². The molecule has 10 heteroatoms. The molecule has 0 saturated carbocycles. The second-order valence-electron chi connectivity index (χ2n) is 8.91. The van der Waals surface area contributed by atoms with E-state index in [2.05, 4.69) is 22.5 Å². The minimum absolute atomic E-state index is 0.0828. The van der Waals surface area contributed by atoms with Crippen LogP contribution in [0.1, 0.15) is 60.1 Å². The highest BCUT2D eigenvalue weighted by Gasteiger charge is 2.29. The molecule has 4 N–H and O–H groups in total. The molecule has 0 radical (unpaired) electrons. The Labute approximate surface area is 218 Å². The molecular weight excluding hydrogens is 494 g/mol. The van der Waals surface area contributed by atoms with Gasteiger partial charge < -0.3 is 19.9 Å². The van der Waals surface area contributed by atoms with Gasteiger partial charge in [0.1, 0.15) is 5.75 Å². The number of H-pyrrole nitrogens is 1. The number of fused-ring (bicyclic) bond motifs is 1. The number of hydrogen-bond acceptors (Lipinski definition) is 7. The number of rotatable bonds is 10. The Bertz CT molecular complexity index is 1310. The number of aromatic hydroxyl groups is 1. The third kappa shape index (κ3) is 6.32. The van der Waals surface area contributed by atoms with Crippen LogP contribution in [-0.2, 0) is 22.4 Å². The second kappa shape index (κ2) is 12.0. The molecule has 0 aliphatic carbocycles. The molecule has 0 fully saturated rings. The Hall–Kier alpha value is -3.79. The summed E-state index contributed by atoms with van der Waals surface area (Å²) in [6, 6.07) is 11.1. The first-order chi connectivity index (χ1) is 17.9. The van der Waals surface area contributed by atoms with E-state index in [1.165, 1.54) is 0 Å². The third-order valence-corrected chi connectivity index (χ3v) is 7.35. The Morgan fingerprint density at radius 3 is 2.59 bits per heavy atom. The number of ether oxygens (including phenoxy) is 2. The van der Waals surface area contributed by atoms with E-state index in [-0.39, 0.29) is 22.6 Å². The number of aromatic nitrogens is 1. The van der Waals surface area contributed by atoms with E-state index in [0.717, 1.165) is 47.3 Å². The summed E-state index contributed by atoms with van der Waals surface area (Å²) in [6.45, 7) is 2.47. The summed E-state index contributed by atoms with van der Waals surface area (Å²) in [4.78, 5) is 38.8. The number of amides is 2. The number of carbonyl (C=O) groups excluding carboxylic acids is 2. The van der Waals surface area contributed by atoms with Gasteiger partial charge in [0.05, 0.1) is 24.3 Å². The molecule has 9 nitrogen and oxygen atoms in total. The van der Waals surface area contributed by atoms with Gasteiger partial charge in [-0.3, -0.25) is 19.9 Å². The molecule has 2 amide bonds. The molecule has 1 unspecified atom stereocenters. The first-order valence-electron chi connectivity index (χ1n) is 12.3. The van der Waals surface area contributed by atoms with Crippen LogP contribution in [0.15, 0.2) is 41.2 Å². The summed E-state index contributed by atoms with van der Waals surface area (Å²) in [6.07, 6.45) is 3.75. The maximum Gasteiger partial charge on any atom is 0.411 e. The number of hydrogen-bond donors (Lipinski definition) is 4. The summed E-state index contributed by atoms with van der Waals surface area (Å²) in [5.74, 6) is -0.0240. The highest BCUT2D eigenvalue weighted by atomic mass is 32.1. The summed E-state index contributed by atoms with van der Waals surface area (Å²) in [5, 5.41) is 16.2. The molecule has 1 atom stereocenters. The number of carbonyl (C=O) groups is 2. The van der Waals surface area contributed by atoms with E-state index in [1.54, 1.807) is 25.3 Å². The number of anilines is 2. The first-order valence-corrected chi connectivity index (χ1v) is 13.2. The first kappa shape index (κ1) is 26.3. The minimum atomic E-state index is -0.490. The highest BCUT2D eigenvalue weighted by molar-refractivity contribution is 7.09. The molecule has 3 aromatic rings. The smallest absolute Gasteiger partial charge is 0.411 e. The van der Waals surface area contributed by atoms with Crippen LogP contribution >= 0.6 is 11.3 Å². The van der Waals surface area contributed by atoms with Crippen LogP contribution in [0.5, 0.6) is 11.6 Å². The van der Waals surface area contributed by atoms with Crippen LogP contribution in [0, 0.1) is 0 Å². The molecule has 37 heavy (non-hydrogen) atoms. The zero-order chi connectivity index (χ0) is 26.4. The predicted molar refractivity (Wildman–Crippen MR) is 143 cm³/mol. The normalized spacial score (nSPS) is 13.4. The molecular formula is C27H31N3O6S. The number of thiazole rings is 1. The molecule has 2 heterocycles. The van der Waals surface area contributed by atoms with Crippen molar-refractivity contribution in [3.05, 3.63) is 67.6 Å². The van der Waals surface area contributed by atoms with Crippen LogP contribution in [0.3, 0.4) is 0 Å². The lowest BCUT2D eigenvalue weighted by atomic mass is 9.84. The fourth-order valence-corrected chi connectivity index (χ4v) is 5.38. The Balaban J connectivity index is 1.60. The lowest BCUT2D eigenvalue weighted by Crippen LogP contribution is -2.22. The van der Waals surface area contributed by atoms with Gasteiger partial charge in [-0.25, -0.2) is 4.79 Å². The fourth-order valence-electron chi connectivity index (χ4n) is 4.53. The van der Waals surface area contributed by atoms with Gasteiger partial charge in [-0.1, -0.05) is 49.3 Å². The molecule has 1 aromatic heterocycles. The standard InChI is InChI=1S/C27H31N3O6S/c1-3-4-5-14-36-26(33)28-17-8-6-16(7-9-17)15-20(24-25(32)30-27(34)37-24)18-10-12-21(35-2)23-19(18)11-13-22(31)29-23/h6-10,12,20,32H,3-5,11,13-15H2,1-2H3,(H,28,33)(H,29,31)(H,30,34). The molecule has 1 aliphatic heterocycles. The van der Waals surface area contributed by atoms with Crippen LogP contribution < -0.4 is 20.2 Å². The van der Waals surface area contributed by atoms with Crippen molar-refractivity contribution in [3.8, 4) is 11.6 Å². The SMILES string of the molecule is CCCCCOC(=O)Nc1ccc(CC(c2ccc(OC)c3c2CCC(=O)N3)c2sc(=O)[nH]c2O)cc1. The van der Waals surface area contributed by atoms with Gasteiger partial charge in [-0.2, -0.15) is 0 Å². The third-order valence-electron chi connectivity index (χ3n) is 6.37. The maximum atomic E-state index is 12.1. The molecule has 2 aromatic carbocycles. The van der Waals surface area contributed by atoms with Crippen molar-refractivity contribution in [1.82, 2.24) is 4.98 Å². The van der Waals surface area contributed by atoms with Gasteiger partial charge in [0.25, 0.3) is 0 Å². The van der Waals surface area contributed by atoms with E-state index in [9.17, 15) is 19.5 Å². The van der Waals surface area contributed by atoms with Crippen LogP contribution in [0.25, 0.3) is 0 Å². The molecule has 4 rings (SSSR count). The number of unbranched alkanes of at least 4 members (excludes halogenated alkanes) is 2. The average molecular weight is 526 g/mol. The predicted octanol–water partition coefficient (Wildman–Crippen LogP) is 5.15. The number of benzene rings is 2. The van der Waals surface area contributed by atoms with Crippen molar-refractivity contribution >= 4 is 34.7 Å². The van der Waals surface area contributed by atoms with Crippen molar-refractivity contribution < 1.29 is 24.2 Å². The zero-order valence-corrected chi connectivity index (χ0v) is 21.7. The largest absolute Gasteiger partial charge is 0.495 e. The van der Waals surface area contributed by atoms with Gasteiger partial charge >= 0.3 is 11.0 Å².